The smallest absolute Gasteiger partial charge is 0.119 e. The molecule has 0 saturated carbocycles. The molecular weight excluding hydrogens is 295 g/mol. The van der Waals surface area contributed by atoms with E-state index in [0.29, 0.717) is 0 Å². The van der Waals surface area contributed by atoms with Crippen LogP contribution in [0.4, 0.5) is 0 Å². The molecular formula is C15H24Cl2N2O. The van der Waals surface area contributed by atoms with Crippen LogP contribution >= 0.6 is 24.0 Å². The summed E-state index contributed by atoms with van der Waals surface area (Å²) in [5.74, 6) is 1.66. The normalized spacial score (nSPS) is 19.4. The molecule has 1 atom stereocenters. The Bertz CT molecular complexity index is 371. The van der Waals surface area contributed by atoms with Crippen LogP contribution in [-0.2, 0) is 0 Å². The number of piperidine rings is 1. The van der Waals surface area contributed by atoms with Crippen molar-refractivity contribution in [3.05, 3.63) is 29.3 Å². The van der Waals surface area contributed by atoms with E-state index in [4.69, 9.17) is 22.1 Å². The first-order valence-electron chi connectivity index (χ1n) is 7.08. The molecule has 0 spiro atoms. The lowest BCUT2D eigenvalue weighted by atomic mass is 9.95. The molecule has 2 N–H and O–H groups in total. The molecule has 1 aliphatic heterocycles. The summed E-state index contributed by atoms with van der Waals surface area (Å²) in [4.78, 5) is 2.49. The van der Waals surface area contributed by atoms with Gasteiger partial charge in [0.05, 0.1) is 0 Å². The molecule has 3 nitrogen and oxygen atoms in total. The first-order chi connectivity index (χ1) is 9.28. The van der Waals surface area contributed by atoms with Gasteiger partial charge in [-0.25, -0.2) is 0 Å². The fourth-order valence-electron chi connectivity index (χ4n) is 2.65. The van der Waals surface area contributed by atoms with E-state index in [9.17, 15) is 0 Å². The number of rotatable bonds is 6. The average Bonchev–Trinajstić information content (AvgIpc) is 2.42. The molecule has 114 valence electrons. The maximum Gasteiger partial charge on any atom is 0.119 e. The lowest BCUT2D eigenvalue weighted by Crippen LogP contribution is -2.38. The van der Waals surface area contributed by atoms with Crippen molar-refractivity contribution in [2.75, 3.05) is 32.8 Å². The van der Waals surface area contributed by atoms with Crippen molar-refractivity contribution in [1.82, 2.24) is 4.90 Å². The van der Waals surface area contributed by atoms with Crippen LogP contribution in [0.5, 0.6) is 5.75 Å². The number of nitrogens with two attached hydrogens (primary N) is 1. The molecule has 1 aromatic rings. The molecule has 0 radical (unpaired) electrons. The highest BCUT2D eigenvalue weighted by molar-refractivity contribution is 6.30. The predicted octanol–water partition coefficient (Wildman–Crippen LogP) is 3.20. The molecule has 2 rings (SSSR count). The zero-order chi connectivity index (χ0) is 13.5. The van der Waals surface area contributed by atoms with Crippen molar-refractivity contribution in [3.8, 4) is 5.75 Å². The van der Waals surface area contributed by atoms with E-state index in [1.54, 1.807) is 0 Å². The largest absolute Gasteiger partial charge is 0.492 e. The molecule has 0 bridgehead atoms. The Morgan fingerprint density at radius 3 is 2.75 bits per heavy atom. The number of hydrogen-bond acceptors (Lipinski definition) is 3. The van der Waals surface area contributed by atoms with E-state index in [1.807, 2.05) is 24.3 Å². The van der Waals surface area contributed by atoms with Gasteiger partial charge in [0.15, 0.2) is 0 Å². The van der Waals surface area contributed by atoms with Gasteiger partial charge in [0.1, 0.15) is 12.4 Å². The summed E-state index contributed by atoms with van der Waals surface area (Å²) >= 11 is 5.84. The van der Waals surface area contributed by atoms with Crippen molar-refractivity contribution in [2.45, 2.75) is 19.3 Å². The topological polar surface area (TPSA) is 38.5 Å². The van der Waals surface area contributed by atoms with Crippen molar-refractivity contribution in [1.29, 1.82) is 0 Å². The Labute approximate surface area is 132 Å². The molecule has 1 aromatic carbocycles. The van der Waals surface area contributed by atoms with Crippen molar-refractivity contribution in [2.24, 2.45) is 11.7 Å². The van der Waals surface area contributed by atoms with Crippen LogP contribution < -0.4 is 10.5 Å². The summed E-state index contributed by atoms with van der Waals surface area (Å²) in [5.41, 5.74) is 5.64. The van der Waals surface area contributed by atoms with E-state index in [1.165, 1.54) is 25.9 Å². The van der Waals surface area contributed by atoms with E-state index in [0.717, 1.165) is 42.8 Å². The minimum absolute atomic E-state index is 0. The number of halogens is 2. The van der Waals surface area contributed by atoms with Crippen molar-refractivity contribution in [3.63, 3.8) is 0 Å². The van der Waals surface area contributed by atoms with Gasteiger partial charge in [0, 0.05) is 18.1 Å². The number of ether oxygens (including phenoxy) is 1. The summed E-state index contributed by atoms with van der Waals surface area (Å²) in [5, 5.41) is 0.744. The van der Waals surface area contributed by atoms with Crippen LogP contribution in [0.15, 0.2) is 24.3 Å². The van der Waals surface area contributed by atoms with Crippen LogP contribution in [0.2, 0.25) is 5.02 Å². The van der Waals surface area contributed by atoms with Gasteiger partial charge in [-0.2, -0.15) is 0 Å². The Balaban J connectivity index is 0.00000200. The maximum atomic E-state index is 5.84. The number of hydrogen-bond donors (Lipinski definition) is 1. The monoisotopic (exact) mass is 318 g/mol. The molecule has 1 unspecified atom stereocenters. The number of nitrogens with zero attached hydrogens (tertiary/aromatic N) is 1. The first-order valence-corrected chi connectivity index (χ1v) is 7.46. The minimum Gasteiger partial charge on any atom is -0.492 e. The first kappa shape index (κ1) is 17.6. The third kappa shape index (κ3) is 5.88. The van der Waals surface area contributed by atoms with E-state index in [-0.39, 0.29) is 12.4 Å². The third-order valence-corrected chi connectivity index (χ3v) is 3.92. The van der Waals surface area contributed by atoms with Gasteiger partial charge >= 0.3 is 0 Å². The highest BCUT2D eigenvalue weighted by Gasteiger charge is 2.18. The van der Waals surface area contributed by atoms with Crippen LogP contribution in [-0.4, -0.2) is 37.7 Å². The molecule has 1 aliphatic rings. The molecule has 1 heterocycles. The molecule has 0 amide bonds. The lowest BCUT2D eigenvalue weighted by molar-refractivity contribution is 0.144. The average molecular weight is 319 g/mol. The van der Waals surface area contributed by atoms with Gasteiger partial charge in [-0.3, -0.25) is 4.90 Å². The Kier molecular flexibility index (Phi) is 8.31. The van der Waals surface area contributed by atoms with Crippen LogP contribution in [0.1, 0.15) is 19.3 Å². The number of benzene rings is 1. The summed E-state index contributed by atoms with van der Waals surface area (Å²) in [6.07, 6.45) is 3.76. The Morgan fingerprint density at radius 1 is 1.30 bits per heavy atom. The SMILES string of the molecule is Cl.NCCC1CCCN(CCOc2ccc(Cl)cc2)C1. The van der Waals surface area contributed by atoms with Crippen molar-refractivity contribution >= 4 is 24.0 Å². The summed E-state index contributed by atoms with van der Waals surface area (Å²) in [7, 11) is 0. The van der Waals surface area contributed by atoms with Gasteiger partial charge in [0.2, 0.25) is 0 Å². The van der Waals surface area contributed by atoms with Crippen molar-refractivity contribution < 1.29 is 4.74 Å². The minimum atomic E-state index is 0. The van der Waals surface area contributed by atoms with Crippen LogP contribution in [0.25, 0.3) is 0 Å². The zero-order valence-corrected chi connectivity index (χ0v) is 13.3. The van der Waals surface area contributed by atoms with Gasteiger partial charge < -0.3 is 10.5 Å². The van der Waals surface area contributed by atoms with Gasteiger partial charge in [-0.05, 0) is 62.5 Å². The third-order valence-electron chi connectivity index (χ3n) is 3.67. The second kappa shape index (κ2) is 9.46. The summed E-state index contributed by atoms with van der Waals surface area (Å²) < 4.78 is 5.73. The molecule has 1 fully saturated rings. The standard InChI is InChI=1S/C15H23ClN2O.ClH/c16-14-3-5-15(6-4-14)19-11-10-18-9-1-2-13(12-18)7-8-17;/h3-6,13H,1-2,7-12,17H2;1H. The van der Waals surface area contributed by atoms with Gasteiger partial charge in [-0.15, -0.1) is 12.4 Å². The van der Waals surface area contributed by atoms with Crippen LogP contribution in [0.3, 0.4) is 0 Å². The second-order valence-corrected chi connectivity index (χ2v) is 5.63. The lowest BCUT2D eigenvalue weighted by Gasteiger charge is -2.32. The van der Waals surface area contributed by atoms with Gasteiger partial charge in [0.25, 0.3) is 0 Å². The molecule has 20 heavy (non-hydrogen) atoms. The molecule has 0 aromatic heterocycles. The number of likely N-dealkylation sites (tertiary alicyclic amines) is 1. The summed E-state index contributed by atoms with van der Waals surface area (Å²) in [6, 6.07) is 7.54. The van der Waals surface area contributed by atoms with Gasteiger partial charge in [-0.1, -0.05) is 11.6 Å². The molecule has 5 heteroatoms. The summed E-state index contributed by atoms with van der Waals surface area (Å²) in [6.45, 7) is 4.88. The van der Waals surface area contributed by atoms with Crippen LogP contribution in [0, 0.1) is 5.92 Å². The maximum absolute atomic E-state index is 5.84. The zero-order valence-electron chi connectivity index (χ0n) is 11.8. The van der Waals surface area contributed by atoms with E-state index in [2.05, 4.69) is 4.90 Å². The van der Waals surface area contributed by atoms with E-state index < -0.39 is 0 Å². The molecule has 0 aliphatic carbocycles. The Hall–Kier alpha value is -0.480. The highest BCUT2D eigenvalue weighted by Crippen LogP contribution is 2.19. The fourth-order valence-corrected chi connectivity index (χ4v) is 2.78. The van der Waals surface area contributed by atoms with E-state index >= 15 is 0 Å². The molecule has 1 saturated heterocycles. The Morgan fingerprint density at radius 2 is 2.05 bits per heavy atom. The fraction of sp³-hybridized carbons (Fsp3) is 0.600. The quantitative estimate of drug-likeness (QED) is 0.875. The predicted molar refractivity (Wildman–Crippen MR) is 87.0 cm³/mol. The second-order valence-electron chi connectivity index (χ2n) is 5.19. The highest BCUT2D eigenvalue weighted by atomic mass is 35.5.